The summed E-state index contributed by atoms with van der Waals surface area (Å²) in [5.41, 5.74) is 7.05. The Bertz CT molecular complexity index is 290. The summed E-state index contributed by atoms with van der Waals surface area (Å²) in [4.78, 5) is 0. The van der Waals surface area contributed by atoms with E-state index in [1.807, 2.05) is 0 Å². The van der Waals surface area contributed by atoms with Crippen LogP contribution >= 0.6 is 0 Å². The van der Waals surface area contributed by atoms with Gasteiger partial charge in [-0.1, -0.05) is 25.0 Å². The minimum Gasteiger partial charge on any atom is -0.324 e. The highest BCUT2D eigenvalue weighted by Crippen LogP contribution is 2.35. The van der Waals surface area contributed by atoms with Crippen molar-refractivity contribution >= 4 is 0 Å². The van der Waals surface area contributed by atoms with E-state index in [9.17, 15) is 4.39 Å². The molecule has 0 aliphatic heterocycles. The average Bonchev–Trinajstić information content (AvgIpc) is 2.99. The van der Waals surface area contributed by atoms with Crippen LogP contribution in [0.4, 0.5) is 4.39 Å². The van der Waals surface area contributed by atoms with Crippen molar-refractivity contribution in [2.45, 2.75) is 31.7 Å². The van der Waals surface area contributed by atoms with Crippen LogP contribution in [0.15, 0.2) is 24.3 Å². The molecule has 1 unspecified atom stereocenters. The zero-order chi connectivity index (χ0) is 9.97. The Balaban J connectivity index is 1.88. The first kappa shape index (κ1) is 9.66. The standard InChI is InChI=1S/C12H16FN/c13-11-6-4-10(5-7-11)12(14)8-3-9-1-2-9/h4-7,9,12H,1-3,8,14H2. The van der Waals surface area contributed by atoms with Gasteiger partial charge in [-0.25, -0.2) is 4.39 Å². The molecule has 0 amide bonds. The maximum atomic E-state index is 12.6. The Morgan fingerprint density at radius 3 is 2.50 bits per heavy atom. The molecule has 1 aromatic carbocycles. The van der Waals surface area contributed by atoms with Crippen LogP contribution < -0.4 is 5.73 Å². The molecule has 1 fully saturated rings. The van der Waals surface area contributed by atoms with E-state index in [0.29, 0.717) is 0 Å². The van der Waals surface area contributed by atoms with E-state index in [1.165, 1.54) is 31.4 Å². The fourth-order valence-electron chi connectivity index (χ4n) is 1.70. The summed E-state index contributed by atoms with van der Waals surface area (Å²) in [5, 5.41) is 0. The van der Waals surface area contributed by atoms with Gasteiger partial charge in [0.1, 0.15) is 5.82 Å². The number of rotatable bonds is 4. The SMILES string of the molecule is NC(CCC1CC1)c1ccc(F)cc1. The molecule has 2 N–H and O–H groups in total. The van der Waals surface area contributed by atoms with E-state index < -0.39 is 0 Å². The van der Waals surface area contributed by atoms with E-state index in [4.69, 9.17) is 5.73 Å². The van der Waals surface area contributed by atoms with Gasteiger partial charge in [0.2, 0.25) is 0 Å². The molecule has 1 atom stereocenters. The maximum absolute atomic E-state index is 12.6. The third-order valence-electron chi connectivity index (χ3n) is 2.88. The minimum atomic E-state index is -0.192. The Labute approximate surface area is 84.1 Å². The van der Waals surface area contributed by atoms with Gasteiger partial charge >= 0.3 is 0 Å². The van der Waals surface area contributed by atoms with Gasteiger partial charge in [0.05, 0.1) is 0 Å². The van der Waals surface area contributed by atoms with Crippen LogP contribution in [0.2, 0.25) is 0 Å². The van der Waals surface area contributed by atoms with Gasteiger partial charge in [-0.2, -0.15) is 0 Å². The Kier molecular flexibility index (Phi) is 2.82. The molecular weight excluding hydrogens is 177 g/mol. The second kappa shape index (κ2) is 4.09. The van der Waals surface area contributed by atoms with Crippen molar-refractivity contribution in [1.29, 1.82) is 0 Å². The number of hydrogen-bond acceptors (Lipinski definition) is 1. The van der Waals surface area contributed by atoms with Crippen molar-refractivity contribution in [3.63, 3.8) is 0 Å². The normalized spacial score (nSPS) is 18.1. The molecular formula is C12H16FN. The molecule has 0 bridgehead atoms. The highest BCUT2D eigenvalue weighted by atomic mass is 19.1. The third-order valence-corrected chi connectivity index (χ3v) is 2.88. The highest BCUT2D eigenvalue weighted by Gasteiger charge is 2.21. The van der Waals surface area contributed by atoms with Crippen molar-refractivity contribution in [1.82, 2.24) is 0 Å². The van der Waals surface area contributed by atoms with Crippen molar-refractivity contribution in [2.24, 2.45) is 11.7 Å². The molecule has 0 aromatic heterocycles. The lowest BCUT2D eigenvalue weighted by Gasteiger charge is -2.11. The van der Waals surface area contributed by atoms with Gasteiger partial charge in [0.15, 0.2) is 0 Å². The van der Waals surface area contributed by atoms with E-state index in [2.05, 4.69) is 0 Å². The lowest BCUT2D eigenvalue weighted by Crippen LogP contribution is -2.10. The first-order valence-electron chi connectivity index (χ1n) is 5.27. The van der Waals surface area contributed by atoms with Crippen LogP contribution in [0.1, 0.15) is 37.3 Å². The fraction of sp³-hybridized carbons (Fsp3) is 0.500. The number of nitrogens with two attached hydrogens (primary N) is 1. The summed E-state index contributed by atoms with van der Waals surface area (Å²) in [6.45, 7) is 0. The molecule has 0 radical (unpaired) electrons. The second-order valence-electron chi connectivity index (χ2n) is 4.18. The quantitative estimate of drug-likeness (QED) is 0.781. The summed E-state index contributed by atoms with van der Waals surface area (Å²) in [7, 11) is 0. The molecule has 0 spiro atoms. The predicted octanol–water partition coefficient (Wildman–Crippen LogP) is 3.02. The summed E-state index contributed by atoms with van der Waals surface area (Å²) >= 11 is 0. The zero-order valence-corrected chi connectivity index (χ0v) is 8.25. The van der Waals surface area contributed by atoms with Gasteiger partial charge in [0, 0.05) is 6.04 Å². The Hall–Kier alpha value is -0.890. The fourth-order valence-corrected chi connectivity index (χ4v) is 1.70. The number of halogens is 1. The second-order valence-corrected chi connectivity index (χ2v) is 4.18. The van der Waals surface area contributed by atoms with E-state index in [0.717, 1.165) is 17.9 Å². The predicted molar refractivity (Wildman–Crippen MR) is 55.3 cm³/mol. The van der Waals surface area contributed by atoms with Gasteiger partial charge in [-0.05, 0) is 36.5 Å². The van der Waals surface area contributed by atoms with Crippen LogP contribution in [0.3, 0.4) is 0 Å². The van der Waals surface area contributed by atoms with Crippen molar-refractivity contribution in [3.05, 3.63) is 35.6 Å². The van der Waals surface area contributed by atoms with E-state index in [1.54, 1.807) is 12.1 Å². The molecule has 76 valence electrons. The molecule has 2 rings (SSSR count). The first-order valence-corrected chi connectivity index (χ1v) is 5.27. The van der Waals surface area contributed by atoms with Gasteiger partial charge in [0.25, 0.3) is 0 Å². The first-order chi connectivity index (χ1) is 6.75. The summed E-state index contributed by atoms with van der Waals surface area (Å²) in [6.07, 6.45) is 4.99. The molecule has 2 heteroatoms. The zero-order valence-electron chi connectivity index (χ0n) is 8.25. The van der Waals surface area contributed by atoms with Crippen LogP contribution in [0, 0.1) is 11.7 Å². The van der Waals surface area contributed by atoms with E-state index in [-0.39, 0.29) is 11.9 Å². The monoisotopic (exact) mass is 193 g/mol. The van der Waals surface area contributed by atoms with Crippen LogP contribution in [0.25, 0.3) is 0 Å². The van der Waals surface area contributed by atoms with Gasteiger partial charge in [-0.15, -0.1) is 0 Å². The minimum absolute atomic E-state index is 0.0798. The van der Waals surface area contributed by atoms with Crippen LogP contribution in [-0.4, -0.2) is 0 Å². The molecule has 1 saturated carbocycles. The summed E-state index contributed by atoms with van der Waals surface area (Å²) in [6, 6.07) is 6.61. The average molecular weight is 193 g/mol. The summed E-state index contributed by atoms with van der Waals surface area (Å²) in [5.74, 6) is 0.727. The molecule has 0 saturated heterocycles. The summed E-state index contributed by atoms with van der Waals surface area (Å²) < 4.78 is 12.6. The van der Waals surface area contributed by atoms with Crippen molar-refractivity contribution < 1.29 is 4.39 Å². The molecule has 1 nitrogen and oxygen atoms in total. The van der Waals surface area contributed by atoms with Gasteiger partial charge < -0.3 is 5.73 Å². The topological polar surface area (TPSA) is 26.0 Å². The molecule has 0 heterocycles. The molecule has 14 heavy (non-hydrogen) atoms. The van der Waals surface area contributed by atoms with Gasteiger partial charge in [-0.3, -0.25) is 0 Å². The lowest BCUT2D eigenvalue weighted by atomic mass is 10.0. The van der Waals surface area contributed by atoms with Crippen LogP contribution in [-0.2, 0) is 0 Å². The molecule has 1 aromatic rings. The maximum Gasteiger partial charge on any atom is 0.123 e. The largest absolute Gasteiger partial charge is 0.324 e. The number of benzene rings is 1. The Morgan fingerprint density at radius 1 is 1.29 bits per heavy atom. The van der Waals surface area contributed by atoms with Crippen LogP contribution in [0.5, 0.6) is 0 Å². The number of hydrogen-bond donors (Lipinski definition) is 1. The molecule has 1 aliphatic carbocycles. The highest BCUT2D eigenvalue weighted by molar-refractivity contribution is 5.19. The smallest absolute Gasteiger partial charge is 0.123 e. The Morgan fingerprint density at radius 2 is 1.93 bits per heavy atom. The lowest BCUT2D eigenvalue weighted by molar-refractivity contribution is 0.572. The van der Waals surface area contributed by atoms with Crippen molar-refractivity contribution in [2.75, 3.05) is 0 Å². The van der Waals surface area contributed by atoms with E-state index >= 15 is 0 Å². The molecule has 1 aliphatic rings. The third kappa shape index (κ3) is 2.55. The van der Waals surface area contributed by atoms with Crippen molar-refractivity contribution in [3.8, 4) is 0 Å².